The normalized spacial score (nSPS) is 20.8. The molecule has 1 amide bonds. The van der Waals surface area contributed by atoms with E-state index in [-0.39, 0.29) is 18.9 Å². The van der Waals surface area contributed by atoms with E-state index < -0.39 is 5.60 Å². The Balaban J connectivity index is 1.87. The van der Waals surface area contributed by atoms with Gasteiger partial charge in [-0.3, -0.25) is 0 Å². The molecule has 1 N–H and O–H groups in total. The molecule has 1 aliphatic rings. The number of benzene rings is 1. The first-order valence-corrected chi connectivity index (χ1v) is 7.10. The number of nitrogens with one attached hydrogen (secondary N) is 1. The second-order valence-corrected chi connectivity index (χ2v) is 6.22. The SMILES string of the molecule is COCOc1cccc([C@H]2C[C@@H]2NC(=O)OC(C)(C)C)c1. The maximum Gasteiger partial charge on any atom is 0.407 e. The molecule has 1 aliphatic carbocycles. The Morgan fingerprint density at radius 3 is 2.81 bits per heavy atom. The van der Waals surface area contributed by atoms with Crippen LogP contribution in [0.1, 0.15) is 38.7 Å². The number of methoxy groups -OCH3 is 1. The van der Waals surface area contributed by atoms with Gasteiger partial charge in [-0.2, -0.15) is 0 Å². The van der Waals surface area contributed by atoms with E-state index in [9.17, 15) is 4.79 Å². The third kappa shape index (κ3) is 4.93. The van der Waals surface area contributed by atoms with Gasteiger partial charge in [-0.05, 0) is 44.9 Å². The van der Waals surface area contributed by atoms with Crippen LogP contribution in [0.5, 0.6) is 5.75 Å². The van der Waals surface area contributed by atoms with Crippen LogP contribution in [0, 0.1) is 0 Å². The first-order chi connectivity index (χ1) is 9.89. The lowest BCUT2D eigenvalue weighted by molar-refractivity contribution is 0.0510. The predicted molar refractivity (Wildman–Crippen MR) is 79.5 cm³/mol. The van der Waals surface area contributed by atoms with Gasteiger partial charge in [0.1, 0.15) is 11.4 Å². The lowest BCUT2D eigenvalue weighted by atomic mass is 10.1. The molecule has 0 bridgehead atoms. The number of rotatable bonds is 5. The number of carbonyl (C=O) groups excluding carboxylic acids is 1. The van der Waals surface area contributed by atoms with Crippen LogP contribution in [0.2, 0.25) is 0 Å². The number of carbonyl (C=O) groups is 1. The molecule has 0 aromatic heterocycles. The highest BCUT2D eigenvalue weighted by molar-refractivity contribution is 5.69. The van der Waals surface area contributed by atoms with Crippen molar-refractivity contribution in [3.05, 3.63) is 29.8 Å². The largest absolute Gasteiger partial charge is 0.468 e. The Bertz CT molecular complexity index is 495. The first kappa shape index (κ1) is 15.6. The topological polar surface area (TPSA) is 56.8 Å². The van der Waals surface area contributed by atoms with Gasteiger partial charge < -0.3 is 19.5 Å². The quantitative estimate of drug-likeness (QED) is 0.848. The van der Waals surface area contributed by atoms with Crippen LogP contribution in [0.15, 0.2) is 24.3 Å². The van der Waals surface area contributed by atoms with Gasteiger partial charge in [0.2, 0.25) is 0 Å². The van der Waals surface area contributed by atoms with Gasteiger partial charge in [0.05, 0.1) is 0 Å². The molecule has 0 radical (unpaired) electrons. The maximum absolute atomic E-state index is 11.7. The smallest absolute Gasteiger partial charge is 0.407 e. The number of alkyl carbamates (subject to hydrolysis) is 1. The summed E-state index contributed by atoms with van der Waals surface area (Å²) in [5.41, 5.74) is 0.687. The molecule has 5 heteroatoms. The van der Waals surface area contributed by atoms with E-state index in [0.717, 1.165) is 17.7 Å². The molecular weight excluding hydrogens is 270 g/mol. The van der Waals surface area contributed by atoms with Gasteiger partial charge in [0, 0.05) is 19.1 Å². The zero-order valence-electron chi connectivity index (χ0n) is 13.0. The van der Waals surface area contributed by atoms with Crippen LogP contribution >= 0.6 is 0 Å². The monoisotopic (exact) mass is 293 g/mol. The highest BCUT2D eigenvalue weighted by Crippen LogP contribution is 2.41. The number of ether oxygens (including phenoxy) is 3. The third-order valence-corrected chi connectivity index (χ3v) is 3.12. The van der Waals surface area contributed by atoms with Crippen LogP contribution in [-0.4, -0.2) is 31.6 Å². The Hall–Kier alpha value is -1.75. The van der Waals surface area contributed by atoms with Crippen molar-refractivity contribution in [2.45, 2.75) is 44.8 Å². The summed E-state index contributed by atoms with van der Waals surface area (Å²) in [4.78, 5) is 11.7. The number of hydrogen-bond donors (Lipinski definition) is 1. The number of hydrogen-bond acceptors (Lipinski definition) is 4. The molecule has 0 saturated heterocycles. The van der Waals surface area contributed by atoms with Crippen LogP contribution in [-0.2, 0) is 9.47 Å². The second-order valence-electron chi connectivity index (χ2n) is 6.22. The summed E-state index contributed by atoms with van der Waals surface area (Å²) in [6.07, 6.45) is 0.564. The molecule has 2 atom stereocenters. The average Bonchev–Trinajstić information content (AvgIpc) is 3.13. The van der Waals surface area contributed by atoms with Crippen LogP contribution in [0.25, 0.3) is 0 Å². The van der Waals surface area contributed by atoms with Gasteiger partial charge in [-0.25, -0.2) is 4.79 Å². The second kappa shape index (κ2) is 6.35. The molecule has 5 nitrogen and oxygen atoms in total. The van der Waals surface area contributed by atoms with E-state index in [1.54, 1.807) is 7.11 Å². The molecule has 1 aromatic rings. The van der Waals surface area contributed by atoms with Gasteiger partial charge in [-0.1, -0.05) is 12.1 Å². The Labute approximate surface area is 125 Å². The highest BCUT2D eigenvalue weighted by atomic mass is 16.7. The summed E-state index contributed by atoms with van der Waals surface area (Å²) in [5.74, 6) is 1.10. The summed E-state index contributed by atoms with van der Waals surface area (Å²) in [7, 11) is 1.59. The third-order valence-electron chi connectivity index (χ3n) is 3.12. The lowest BCUT2D eigenvalue weighted by Crippen LogP contribution is -2.34. The van der Waals surface area contributed by atoms with Crippen molar-refractivity contribution in [2.24, 2.45) is 0 Å². The predicted octanol–water partition coefficient (Wildman–Crippen LogP) is 3.05. The van der Waals surface area contributed by atoms with E-state index >= 15 is 0 Å². The first-order valence-electron chi connectivity index (χ1n) is 7.10. The van der Waals surface area contributed by atoms with Crippen LogP contribution < -0.4 is 10.1 Å². The minimum atomic E-state index is -0.470. The summed E-state index contributed by atoms with van der Waals surface area (Å²) < 4.78 is 15.6. The van der Waals surface area contributed by atoms with Gasteiger partial charge in [0.15, 0.2) is 6.79 Å². The minimum absolute atomic E-state index is 0.137. The zero-order valence-corrected chi connectivity index (χ0v) is 13.0. The average molecular weight is 293 g/mol. The minimum Gasteiger partial charge on any atom is -0.468 e. The van der Waals surface area contributed by atoms with Crippen molar-refractivity contribution in [3.63, 3.8) is 0 Å². The van der Waals surface area contributed by atoms with Crippen LogP contribution in [0.3, 0.4) is 0 Å². The van der Waals surface area contributed by atoms with E-state index in [0.29, 0.717) is 5.92 Å². The fraction of sp³-hybridized carbons (Fsp3) is 0.562. The van der Waals surface area contributed by atoms with Crippen molar-refractivity contribution >= 4 is 6.09 Å². The van der Waals surface area contributed by atoms with E-state index in [1.807, 2.05) is 45.0 Å². The van der Waals surface area contributed by atoms with Crippen molar-refractivity contribution in [1.29, 1.82) is 0 Å². The lowest BCUT2D eigenvalue weighted by Gasteiger charge is -2.19. The molecule has 116 valence electrons. The van der Waals surface area contributed by atoms with Gasteiger partial charge >= 0.3 is 6.09 Å². The van der Waals surface area contributed by atoms with E-state index in [4.69, 9.17) is 14.2 Å². The Morgan fingerprint density at radius 1 is 1.38 bits per heavy atom. The van der Waals surface area contributed by atoms with Gasteiger partial charge in [0.25, 0.3) is 0 Å². The molecular formula is C16H23NO4. The Kier molecular flexibility index (Phi) is 4.73. The molecule has 0 aliphatic heterocycles. The molecule has 0 unspecified atom stereocenters. The number of amides is 1. The van der Waals surface area contributed by atoms with Crippen molar-refractivity contribution in [3.8, 4) is 5.75 Å². The highest BCUT2D eigenvalue weighted by Gasteiger charge is 2.40. The summed E-state index contributed by atoms with van der Waals surface area (Å²) in [6, 6.07) is 8.00. The molecule has 21 heavy (non-hydrogen) atoms. The van der Waals surface area contributed by atoms with Crippen molar-refractivity contribution in [2.75, 3.05) is 13.9 Å². The zero-order chi connectivity index (χ0) is 15.5. The molecule has 0 heterocycles. The van der Waals surface area contributed by atoms with Gasteiger partial charge in [-0.15, -0.1) is 0 Å². The molecule has 1 saturated carbocycles. The summed E-state index contributed by atoms with van der Waals surface area (Å²) in [5, 5.41) is 2.89. The fourth-order valence-electron chi connectivity index (χ4n) is 2.14. The standard InChI is InChI=1S/C16H23NO4/c1-16(2,3)21-15(18)17-14-9-13(14)11-6-5-7-12(8-11)20-10-19-4/h5-8,13-14H,9-10H2,1-4H3,(H,17,18)/t13-,14+/m1/s1. The Morgan fingerprint density at radius 2 is 2.14 bits per heavy atom. The van der Waals surface area contributed by atoms with E-state index in [2.05, 4.69) is 5.32 Å². The van der Waals surface area contributed by atoms with Crippen LogP contribution in [0.4, 0.5) is 4.79 Å². The van der Waals surface area contributed by atoms with Crippen molar-refractivity contribution in [1.82, 2.24) is 5.32 Å². The molecule has 1 aromatic carbocycles. The summed E-state index contributed by atoms with van der Waals surface area (Å²) in [6.45, 7) is 5.79. The van der Waals surface area contributed by atoms with E-state index in [1.165, 1.54) is 0 Å². The molecule has 2 rings (SSSR count). The summed E-state index contributed by atoms with van der Waals surface area (Å²) >= 11 is 0. The molecule has 0 spiro atoms. The fourth-order valence-corrected chi connectivity index (χ4v) is 2.14. The van der Waals surface area contributed by atoms with Crippen molar-refractivity contribution < 1.29 is 19.0 Å². The molecule has 1 fully saturated rings. The maximum atomic E-state index is 11.7.